The summed E-state index contributed by atoms with van der Waals surface area (Å²) in [6.07, 6.45) is 6.38. The highest BCUT2D eigenvalue weighted by atomic mass is 16.4. The number of likely N-dealkylation sites (N-methyl/N-ethyl adjacent to an activating group) is 1. The maximum atomic E-state index is 14.2. The van der Waals surface area contributed by atoms with E-state index in [2.05, 4.69) is 28.2 Å². The van der Waals surface area contributed by atoms with Gasteiger partial charge in [0.15, 0.2) is 0 Å². The molecule has 1 aliphatic heterocycles. The summed E-state index contributed by atoms with van der Waals surface area (Å²) in [7, 11) is 1.37. The summed E-state index contributed by atoms with van der Waals surface area (Å²) in [6, 6.07) is 3.38. The molecule has 0 saturated carbocycles. The summed E-state index contributed by atoms with van der Waals surface area (Å²) >= 11 is 0. The maximum absolute atomic E-state index is 14.2. The van der Waals surface area contributed by atoms with Gasteiger partial charge in [-0.25, -0.2) is 4.79 Å². The van der Waals surface area contributed by atoms with Gasteiger partial charge < -0.3 is 47.2 Å². The van der Waals surface area contributed by atoms with Gasteiger partial charge in [-0.3, -0.25) is 24.0 Å². The van der Waals surface area contributed by atoms with Gasteiger partial charge in [0, 0.05) is 44.0 Å². The number of carbonyl (C=O) groups excluding carboxylic acids is 5. The number of nitrogens with two attached hydrogens (primary N) is 1. The van der Waals surface area contributed by atoms with Crippen LogP contribution in [-0.2, 0) is 35.2 Å². The van der Waals surface area contributed by atoms with Crippen LogP contribution >= 0.6 is 0 Å². The number of unbranched alkanes of at least 4 members (excludes halogenated alkanes) is 5. The number of hydrogen-bond donors (Lipinski definition) is 8. The van der Waals surface area contributed by atoms with Gasteiger partial charge in [-0.2, -0.15) is 0 Å². The molecule has 53 heavy (non-hydrogen) atoms. The third kappa shape index (κ3) is 12.5. The number of carboxylic acids is 1. The third-order valence-corrected chi connectivity index (χ3v) is 9.24. The zero-order valence-corrected chi connectivity index (χ0v) is 30.8. The van der Waals surface area contributed by atoms with E-state index in [4.69, 9.17) is 5.73 Å². The summed E-state index contributed by atoms with van der Waals surface area (Å²) in [5.41, 5.74) is 6.59. The molecule has 4 atom stereocenters. The van der Waals surface area contributed by atoms with Crippen LogP contribution in [0.3, 0.4) is 0 Å². The van der Waals surface area contributed by atoms with Gasteiger partial charge in [0.1, 0.15) is 35.7 Å². The number of carbonyl (C=O) groups is 6. The smallest absolute Gasteiger partial charge is 0.326 e. The van der Waals surface area contributed by atoms with Crippen molar-refractivity contribution in [3.63, 3.8) is 0 Å². The van der Waals surface area contributed by atoms with Crippen molar-refractivity contribution in [2.24, 2.45) is 5.73 Å². The van der Waals surface area contributed by atoms with Crippen LogP contribution in [0.1, 0.15) is 95.2 Å². The Morgan fingerprint density at radius 1 is 0.887 bits per heavy atom. The second-order valence-corrected chi connectivity index (χ2v) is 13.5. The summed E-state index contributed by atoms with van der Waals surface area (Å²) in [5, 5.41) is 42.0. The second kappa shape index (κ2) is 20.8. The van der Waals surface area contributed by atoms with E-state index in [-0.39, 0.29) is 59.9 Å². The number of aliphatic carboxylic acids is 1. The molecule has 15 heteroatoms. The lowest BCUT2D eigenvalue weighted by molar-refractivity contribution is -0.144. The minimum Gasteiger partial charge on any atom is -0.507 e. The van der Waals surface area contributed by atoms with Gasteiger partial charge >= 0.3 is 5.97 Å². The van der Waals surface area contributed by atoms with Gasteiger partial charge in [0.05, 0.1) is 0 Å². The lowest BCUT2D eigenvalue weighted by Gasteiger charge is -2.32. The monoisotopic (exact) mass is 738 g/mol. The molecule has 9 N–H and O–H groups in total. The first-order chi connectivity index (χ1) is 25.3. The van der Waals surface area contributed by atoms with E-state index >= 15 is 0 Å². The number of rotatable bonds is 17. The lowest BCUT2D eigenvalue weighted by atomic mass is 9.93. The Morgan fingerprint density at radius 3 is 2.25 bits per heavy atom. The normalized spacial score (nSPS) is 17.8. The van der Waals surface area contributed by atoms with Crippen LogP contribution in [0.5, 0.6) is 11.5 Å². The number of nitrogens with zero attached hydrogens (tertiary/aromatic N) is 1. The average Bonchev–Trinajstić information content (AvgIpc) is 3.11. The second-order valence-electron chi connectivity index (χ2n) is 13.5. The Balaban J connectivity index is 1.92. The van der Waals surface area contributed by atoms with Crippen LogP contribution in [0.25, 0.3) is 11.1 Å². The fourth-order valence-corrected chi connectivity index (χ4v) is 6.19. The molecule has 0 aromatic heterocycles. The molecule has 15 nitrogen and oxygen atoms in total. The Bertz CT molecular complexity index is 1620. The van der Waals surface area contributed by atoms with Crippen LogP contribution in [0.2, 0.25) is 0 Å². The number of carboxylic acid groups (broad SMARTS) is 1. The van der Waals surface area contributed by atoms with E-state index in [1.54, 1.807) is 0 Å². The van der Waals surface area contributed by atoms with E-state index in [1.807, 2.05) is 0 Å². The minimum atomic E-state index is -1.41. The van der Waals surface area contributed by atoms with Crippen LogP contribution in [0.15, 0.2) is 36.4 Å². The molecule has 0 radical (unpaired) electrons. The molecule has 0 spiro atoms. The van der Waals surface area contributed by atoms with Crippen molar-refractivity contribution in [1.29, 1.82) is 0 Å². The van der Waals surface area contributed by atoms with Crippen LogP contribution < -0.4 is 27.0 Å². The van der Waals surface area contributed by atoms with E-state index in [1.165, 1.54) is 50.4 Å². The Hall–Kier alpha value is -5.18. The Kier molecular flexibility index (Phi) is 16.5. The van der Waals surface area contributed by atoms with Crippen molar-refractivity contribution >= 4 is 35.5 Å². The highest BCUT2D eigenvalue weighted by Crippen LogP contribution is 2.38. The molecule has 290 valence electrons. The van der Waals surface area contributed by atoms with Crippen molar-refractivity contribution in [2.75, 3.05) is 20.1 Å². The summed E-state index contributed by atoms with van der Waals surface area (Å²) in [5.74, 6) is -4.67. The quantitative estimate of drug-likeness (QED) is 0.110. The number of phenols is 2. The predicted octanol–water partition coefficient (Wildman–Crippen LogP) is 2.38. The van der Waals surface area contributed by atoms with E-state index < -0.39 is 53.8 Å². The van der Waals surface area contributed by atoms with Crippen molar-refractivity contribution in [3.8, 4) is 22.6 Å². The van der Waals surface area contributed by atoms with Gasteiger partial charge in [0.2, 0.25) is 29.5 Å². The first-order valence-electron chi connectivity index (χ1n) is 18.3. The highest BCUT2D eigenvalue weighted by molar-refractivity contribution is 5.96. The number of phenolic OH excluding ortho intramolecular Hbond substituents is 2. The SMILES string of the molecule is CCCCCCCC(=O)NCCC(=O)NC(CCCCN)C(=O)N(C)C1C(=O)NC(C)C(=O)NC(C(=O)O)Cc2ccc(O)c(c2)-c2cc1ccc2O. The van der Waals surface area contributed by atoms with Crippen LogP contribution in [0.4, 0.5) is 0 Å². The van der Waals surface area contributed by atoms with E-state index in [0.717, 1.165) is 37.0 Å². The number of amides is 5. The van der Waals surface area contributed by atoms with Gasteiger partial charge in [-0.1, -0.05) is 44.7 Å². The van der Waals surface area contributed by atoms with Crippen LogP contribution in [0, 0.1) is 0 Å². The molecule has 4 bridgehead atoms. The Labute approximate surface area is 310 Å². The molecule has 0 saturated heterocycles. The molecular formula is C38H54N6O9. The molecule has 2 aromatic carbocycles. The molecule has 2 aromatic rings. The molecule has 0 fully saturated rings. The number of nitrogens with one attached hydrogen (secondary N) is 4. The minimum absolute atomic E-state index is 0.0796. The molecule has 1 heterocycles. The van der Waals surface area contributed by atoms with Crippen molar-refractivity contribution in [2.45, 2.75) is 109 Å². The maximum Gasteiger partial charge on any atom is 0.326 e. The molecule has 5 amide bonds. The Morgan fingerprint density at radius 2 is 1.57 bits per heavy atom. The number of fused-ring (bicyclic) bond motifs is 5. The van der Waals surface area contributed by atoms with Crippen molar-refractivity contribution < 1.29 is 44.1 Å². The summed E-state index contributed by atoms with van der Waals surface area (Å²) in [6.45, 7) is 3.92. The fraction of sp³-hybridized carbons (Fsp3) is 0.526. The largest absolute Gasteiger partial charge is 0.507 e. The van der Waals surface area contributed by atoms with Crippen LogP contribution in [-0.4, -0.2) is 94.0 Å². The molecule has 4 unspecified atom stereocenters. The topological polar surface area (TPSA) is 240 Å². The summed E-state index contributed by atoms with van der Waals surface area (Å²) in [4.78, 5) is 79.8. The number of benzene rings is 2. The zero-order valence-electron chi connectivity index (χ0n) is 30.8. The molecule has 3 rings (SSSR count). The van der Waals surface area contributed by atoms with E-state index in [0.29, 0.717) is 31.4 Å². The first-order valence-corrected chi connectivity index (χ1v) is 18.3. The molecule has 1 aliphatic rings. The first kappa shape index (κ1) is 42.2. The van der Waals surface area contributed by atoms with Crippen molar-refractivity contribution in [3.05, 3.63) is 47.5 Å². The third-order valence-electron chi connectivity index (χ3n) is 9.24. The number of hydrogen-bond acceptors (Lipinski definition) is 9. The number of aromatic hydroxyl groups is 2. The standard InChI is InChI=1S/C38H54N6O9/c1-4-5-6-7-8-12-32(47)40-19-17-33(48)42-28(11-9-10-18-39)37(51)44(3)34-25-14-16-31(46)27(22-25)26-20-24(13-15-30(26)45)21-29(38(52)53)43-35(49)23(2)41-36(34)50/h13-16,20,22-23,28-29,34,45-46H,4-12,17-19,21,39H2,1-3H3,(H,40,47)(H,41,50)(H,42,48)(H,43,49)(H,52,53). The highest BCUT2D eigenvalue weighted by Gasteiger charge is 2.35. The lowest BCUT2D eigenvalue weighted by Crippen LogP contribution is -2.54. The van der Waals surface area contributed by atoms with Gasteiger partial charge in [-0.15, -0.1) is 0 Å². The summed E-state index contributed by atoms with van der Waals surface area (Å²) < 4.78 is 0. The predicted molar refractivity (Wildman–Crippen MR) is 197 cm³/mol. The van der Waals surface area contributed by atoms with E-state index in [9.17, 15) is 44.1 Å². The zero-order chi connectivity index (χ0) is 39.1. The molecule has 0 aliphatic carbocycles. The molecular weight excluding hydrogens is 684 g/mol. The van der Waals surface area contributed by atoms with Gasteiger partial charge in [-0.05, 0) is 74.5 Å². The fourth-order valence-electron chi connectivity index (χ4n) is 6.19. The van der Waals surface area contributed by atoms with Gasteiger partial charge in [0.25, 0.3) is 0 Å². The average molecular weight is 739 g/mol. The van der Waals surface area contributed by atoms with Crippen molar-refractivity contribution in [1.82, 2.24) is 26.2 Å².